The van der Waals surface area contributed by atoms with Crippen LogP contribution in [0, 0.1) is 29.6 Å². The second-order valence-corrected chi connectivity index (χ2v) is 11.0. The first-order chi connectivity index (χ1) is 13.9. The van der Waals surface area contributed by atoms with Crippen molar-refractivity contribution in [1.29, 1.82) is 0 Å². The molecule has 4 fully saturated rings. The average Bonchev–Trinajstić information content (AvgIpc) is 3.29. The van der Waals surface area contributed by atoms with Gasteiger partial charge in [-0.05, 0) is 63.2 Å². The molecule has 30 heavy (non-hydrogen) atoms. The summed E-state index contributed by atoms with van der Waals surface area (Å²) in [7, 11) is -3.86. The van der Waals surface area contributed by atoms with Gasteiger partial charge in [0.2, 0.25) is 0 Å². The standard InChI is InChI=1S/C11H17NO5S.C10H16O2/c1-3-7-5-4-6-8-9(7)11(14)12(10(8)13)17-18(2,15)16;1-7(11)12-10(2)6-8-3-4-9(10)5-8/h7-9H,3-6H2,1-2H3;8-9H,3-6H2,1-2H3. The second-order valence-electron chi connectivity index (χ2n) is 9.47. The molecule has 1 aliphatic heterocycles. The molecule has 2 bridgehead atoms. The van der Waals surface area contributed by atoms with Crippen LogP contribution in [0.2, 0.25) is 0 Å². The highest BCUT2D eigenvalue weighted by molar-refractivity contribution is 7.85. The first-order valence-corrected chi connectivity index (χ1v) is 12.7. The van der Waals surface area contributed by atoms with Gasteiger partial charge in [0.05, 0.1) is 18.1 Å². The number of hydrogen-bond acceptors (Lipinski definition) is 7. The van der Waals surface area contributed by atoms with Crippen molar-refractivity contribution in [3.63, 3.8) is 0 Å². The minimum atomic E-state index is -3.86. The van der Waals surface area contributed by atoms with Crippen molar-refractivity contribution in [2.24, 2.45) is 29.6 Å². The summed E-state index contributed by atoms with van der Waals surface area (Å²) in [6, 6.07) is 0. The molecule has 4 rings (SSSR count). The molecule has 0 aromatic carbocycles. The number of nitrogens with zero attached hydrogens (tertiary/aromatic N) is 1. The molecular formula is C21H33NO7S. The molecule has 0 N–H and O–H groups in total. The quantitative estimate of drug-likeness (QED) is 0.486. The van der Waals surface area contributed by atoms with Crippen LogP contribution in [0.1, 0.15) is 72.1 Å². The number of carbonyl (C=O) groups is 3. The highest BCUT2D eigenvalue weighted by Crippen LogP contribution is 2.52. The third-order valence-electron chi connectivity index (χ3n) is 7.24. The van der Waals surface area contributed by atoms with Crippen LogP contribution in [-0.2, 0) is 33.5 Å². The normalized spacial score (nSPS) is 37.6. The van der Waals surface area contributed by atoms with Crippen molar-refractivity contribution >= 4 is 27.9 Å². The van der Waals surface area contributed by atoms with Gasteiger partial charge in [-0.1, -0.05) is 19.8 Å². The predicted molar refractivity (Wildman–Crippen MR) is 108 cm³/mol. The third kappa shape index (κ3) is 4.72. The van der Waals surface area contributed by atoms with E-state index < -0.39 is 33.8 Å². The molecule has 8 nitrogen and oxygen atoms in total. The fourth-order valence-corrected chi connectivity index (χ4v) is 6.43. The Morgan fingerprint density at radius 2 is 1.87 bits per heavy atom. The highest BCUT2D eigenvalue weighted by Gasteiger charge is 2.53. The zero-order valence-electron chi connectivity index (χ0n) is 18.3. The number of imide groups is 1. The first-order valence-electron chi connectivity index (χ1n) is 10.9. The average molecular weight is 444 g/mol. The molecule has 9 heteroatoms. The lowest BCUT2D eigenvalue weighted by atomic mass is 9.72. The molecule has 0 radical (unpaired) electrons. The van der Waals surface area contributed by atoms with E-state index in [1.54, 1.807) is 0 Å². The lowest BCUT2D eigenvalue weighted by Crippen LogP contribution is -2.36. The molecule has 170 valence electrons. The van der Waals surface area contributed by atoms with E-state index in [2.05, 4.69) is 11.2 Å². The van der Waals surface area contributed by atoms with E-state index in [1.807, 2.05) is 6.92 Å². The van der Waals surface area contributed by atoms with E-state index >= 15 is 0 Å². The van der Waals surface area contributed by atoms with Crippen molar-refractivity contribution in [1.82, 2.24) is 5.06 Å². The number of esters is 1. The monoisotopic (exact) mass is 443 g/mol. The van der Waals surface area contributed by atoms with Gasteiger partial charge in [0, 0.05) is 6.92 Å². The number of hydroxylamine groups is 2. The summed E-state index contributed by atoms with van der Waals surface area (Å²) in [6.45, 7) is 5.58. The molecule has 2 amide bonds. The first kappa shape index (κ1) is 23.2. The summed E-state index contributed by atoms with van der Waals surface area (Å²) in [5.74, 6) is -0.310. The molecule has 1 heterocycles. The smallest absolute Gasteiger partial charge is 0.303 e. The Balaban J connectivity index is 0.000000184. The summed E-state index contributed by atoms with van der Waals surface area (Å²) in [5, 5.41) is 0.457. The SMILES string of the molecule is CC(=O)OC1(C)CC2CCC1C2.CCC1CCCC2C(=O)N(OS(C)(=O)=O)C(=O)C12. The van der Waals surface area contributed by atoms with Crippen LogP contribution in [0.4, 0.5) is 0 Å². The Kier molecular flexibility index (Phi) is 6.63. The maximum Gasteiger partial charge on any atom is 0.303 e. The maximum atomic E-state index is 12.1. The summed E-state index contributed by atoms with van der Waals surface area (Å²) < 4.78 is 32.0. The molecule has 3 saturated carbocycles. The van der Waals surface area contributed by atoms with Gasteiger partial charge >= 0.3 is 5.97 Å². The Hall–Kier alpha value is -1.48. The molecule has 6 atom stereocenters. The summed E-state index contributed by atoms with van der Waals surface area (Å²) in [4.78, 5) is 35.0. The molecular weight excluding hydrogens is 410 g/mol. The maximum absolute atomic E-state index is 12.1. The van der Waals surface area contributed by atoms with Gasteiger partial charge in [0.25, 0.3) is 21.9 Å². The molecule has 0 aromatic rings. The number of rotatable bonds is 4. The highest BCUT2D eigenvalue weighted by atomic mass is 32.2. The topological polar surface area (TPSA) is 107 Å². The van der Waals surface area contributed by atoms with Crippen molar-refractivity contribution in [2.45, 2.75) is 77.7 Å². The van der Waals surface area contributed by atoms with Gasteiger partial charge in [0.15, 0.2) is 0 Å². The van der Waals surface area contributed by atoms with E-state index in [1.165, 1.54) is 26.2 Å². The van der Waals surface area contributed by atoms with Gasteiger partial charge < -0.3 is 4.74 Å². The van der Waals surface area contributed by atoms with Crippen molar-refractivity contribution < 1.29 is 31.8 Å². The van der Waals surface area contributed by atoms with Crippen LogP contribution in [0.5, 0.6) is 0 Å². The fourth-order valence-electron chi connectivity index (χ4n) is 6.01. The fraction of sp³-hybridized carbons (Fsp3) is 0.857. The van der Waals surface area contributed by atoms with Gasteiger partial charge in [-0.2, -0.15) is 8.42 Å². The van der Waals surface area contributed by atoms with Gasteiger partial charge in [-0.3, -0.25) is 14.4 Å². The number of hydrogen-bond donors (Lipinski definition) is 0. The van der Waals surface area contributed by atoms with Crippen LogP contribution in [0.25, 0.3) is 0 Å². The Labute approximate surface area is 178 Å². The Morgan fingerprint density at radius 3 is 2.37 bits per heavy atom. The molecule has 6 unspecified atom stereocenters. The molecule has 3 aliphatic carbocycles. The Bertz CT molecular complexity index is 810. The Morgan fingerprint density at radius 1 is 1.17 bits per heavy atom. The van der Waals surface area contributed by atoms with Gasteiger partial charge in [0.1, 0.15) is 5.60 Å². The van der Waals surface area contributed by atoms with E-state index in [4.69, 9.17) is 4.74 Å². The zero-order chi connectivity index (χ0) is 22.3. The molecule has 0 aromatic heterocycles. The predicted octanol–water partition coefficient (Wildman–Crippen LogP) is 2.82. The van der Waals surface area contributed by atoms with Crippen molar-refractivity contribution in [3.8, 4) is 0 Å². The zero-order valence-corrected chi connectivity index (χ0v) is 19.1. The number of amides is 2. The molecule has 1 saturated heterocycles. The lowest BCUT2D eigenvalue weighted by molar-refractivity contribution is -0.166. The van der Waals surface area contributed by atoms with E-state index in [-0.39, 0.29) is 17.5 Å². The lowest BCUT2D eigenvalue weighted by Gasteiger charge is -2.33. The van der Waals surface area contributed by atoms with Crippen LogP contribution < -0.4 is 0 Å². The van der Waals surface area contributed by atoms with Crippen LogP contribution in [0.15, 0.2) is 0 Å². The largest absolute Gasteiger partial charge is 0.459 e. The van der Waals surface area contributed by atoms with Crippen LogP contribution in [-0.4, -0.2) is 43.1 Å². The third-order valence-corrected chi connectivity index (χ3v) is 7.66. The second kappa shape index (κ2) is 8.57. The van der Waals surface area contributed by atoms with Crippen LogP contribution in [0.3, 0.4) is 0 Å². The van der Waals surface area contributed by atoms with Crippen molar-refractivity contribution in [3.05, 3.63) is 0 Å². The van der Waals surface area contributed by atoms with Gasteiger partial charge in [-0.25, -0.2) is 0 Å². The number of ether oxygens (including phenoxy) is 1. The summed E-state index contributed by atoms with van der Waals surface area (Å²) in [5.41, 5.74) is -0.116. The molecule has 0 spiro atoms. The van der Waals surface area contributed by atoms with Crippen molar-refractivity contribution in [2.75, 3.05) is 6.26 Å². The van der Waals surface area contributed by atoms with Crippen LogP contribution >= 0.6 is 0 Å². The number of fused-ring (bicyclic) bond motifs is 3. The minimum Gasteiger partial charge on any atom is -0.459 e. The summed E-state index contributed by atoms with van der Waals surface area (Å²) in [6.07, 6.45) is 9.06. The number of carbonyl (C=O) groups excluding carboxylic acids is 3. The molecule has 4 aliphatic rings. The summed E-state index contributed by atoms with van der Waals surface area (Å²) >= 11 is 0. The van der Waals surface area contributed by atoms with Gasteiger partial charge in [-0.15, -0.1) is 9.35 Å². The minimum absolute atomic E-state index is 0.116. The van der Waals surface area contributed by atoms with E-state index in [0.29, 0.717) is 17.4 Å². The van der Waals surface area contributed by atoms with E-state index in [0.717, 1.165) is 37.9 Å². The van der Waals surface area contributed by atoms with E-state index in [9.17, 15) is 22.8 Å².